The number of ether oxygens (including phenoxy) is 1. The van der Waals surface area contributed by atoms with Crippen molar-refractivity contribution in [2.75, 3.05) is 18.2 Å². The number of nitrogens with zero attached hydrogens (tertiary/aromatic N) is 2. The van der Waals surface area contributed by atoms with Gasteiger partial charge in [0.25, 0.3) is 0 Å². The summed E-state index contributed by atoms with van der Waals surface area (Å²) in [4.78, 5) is 4.04. The van der Waals surface area contributed by atoms with Crippen molar-refractivity contribution in [2.24, 2.45) is 0 Å². The third-order valence-electron chi connectivity index (χ3n) is 2.29. The van der Waals surface area contributed by atoms with Crippen molar-refractivity contribution in [2.45, 2.75) is 13.2 Å². The van der Waals surface area contributed by atoms with Crippen molar-refractivity contribution in [1.82, 2.24) is 9.36 Å². The standard InChI is InChI=1S/C11H14N4OS/c1-16-7-9-5-3-2-4-8(9)6-13-11-14-10(12)15-17-11/h2-5H,6-7H2,1H3,(H3,12,13,14,15). The molecule has 90 valence electrons. The van der Waals surface area contributed by atoms with Gasteiger partial charge in [-0.3, -0.25) is 0 Å². The van der Waals surface area contributed by atoms with E-state index in [9.17, 15) is 0 Å². The highest BCUT2D eigenvalue weighted by Gasteiger charge is 2.03. The fourth-order valence-corrected chi connectivity index (χ4v) is 2.00. The first kappa shape index (κ1) is 11.8. The molecule has 0 radical (unpaired) electrons. The molecule has 6 heteroatoms. The van der Waals surface area contributed by atoms with E-state index in [0.29, 0.717) is 19.1 Å². The number of methoxy groups -OCH3 is 1. The van der Waals surface area contributed by atoms with E-state index in [4.69, 9.17) is 10.5 Å². The Morgan fingerprint density at radius 2 is 2.12 bits per heavy atom. The average Bonchev–Trinajstić information content (AvgIpc) is 2.74. The second kappa shape index (κ2) is 5.60. The maximum atomic E-state index is 5.45. The van der Waals surface area contributed by atoms with E-state index in [1.165, 1.54) is 22.7 Å². The number of hydrogen-bond donors (Lipinski definition) is 2. The molecule has 0 atom stereocenters. The molecular weight excluding hydrogens is 236 g/mol. The SMILES string of the molecule is COCc1ccccc1CNc1nc(N)ns1. The van der Waals surface area contributed by atoms with Crippen LogP contribution in [0.4, 0.5) is 11.1 Å². The summed E-state index contributed by atoms with van der Waals surface area (Å²) < 4.78 is 9.06. The zero-order valence-electron chi connectivity index (χ0n) is 9.51. The number of nitrogen functional groups attached to an aromatic ring is 1. The molecule has 0 spiro atoms. The summed E-state index contributed by atoms with van der Waals surface area (Å²) in [6, 6.07) is 8.12. The molecule has 2 aromatic rings. The number of hydrogen-bond acceptors (Lipinski definition) is 6. The molecular formula is C11H14N4OS. The van der Waals surface area contributed by atoms with Crippen molar-refractivity contribution in [3.05, 3.63) is 35.4 Å². The highest BCUT2D eigenvalue weighted by atomic mass is 32.1. The highest BCUT2D eigenvalue weighted by Crippen LogP contribution is 2.15. The molecule has 1 aromatic carbocycles. The highest BCUT2D eigenvalue weighted by molar-refractivity contribution is 7.09. The maximum absolute atomic E-state index is 5.45. The lowest BCUT2D eigenvalue weighted by Crippen LogP contribution is -2.03. The molecule has 0 aliphatic carbocycles. The molecule has 0 fully saturated rings. The summed E-state index contributed by atoms with van der Waals surface area (Å²) in [6.07, 6.45) is 0. The van der Waals surface area contributed by atoms with Gasteiger partial charge in [-0.2, -0.15) is 9.36 Å². The number of nitrogens with one attached hydrogen (secondary N) is 1. The second-order valence-electron chi connectivity index (χ2n) is 3.51. The lowest BCUT2D eigenvalue weighted by molar-refractivity contribution is 0.184. The summed E-state index contributed by atoms with van der Waals surface area (Å²) in [5.74, 6) is 0.308. The van der Waals surface area contributed by atoms with Crippen LogP contribution in [0.2, 0.25) is 0 Å². The summed E-state index contributed by atoms with van der Waals surface area (Å²) >= 11 is 1.26. The smallest absolute Gasteiger partial charge is 0.233 e. The van der Waals surface area contributed by atoms with Crippen LogP contribution in [-0.2, 0) is 17.9 Å². The molecule has 0 bridgehead atoms. The van der Waals surface area contributed by atoms with Crippen LogP contribution >= 0.6 is 11.5 Å². The Morgan fingerprint density at radius 1 is 1.35 bits per heavy atom. The van der Waals surface area contributed by atoms with Crippen LogP contribution in [0.1, 0.15) is 11.1 Å². The molecule has 5 nitrogen and oxygen atoms in total. The molecule has 2 rings (SSSR count). The fraction of sp³-hybridized carbons (Fsp3) is 0.273. The third kappa shape index (κ3) is 3.15. The van der Waals surface area contributed by atoms with Crippen LogP contribution in [0.5, 0.6) is 0 Å². The first-order valence-electron chi connectivity index (χ1n) is 5.18. The van der Waals surface area contributed by atoms with Crippen LogP contribution in [-0.4, -0.2) is 16.5 Å². The molecule has 0 saturated heterocycles. The Kier molecular flexibility index (Phi) is 3.89. The van der Waals surface area contributed by atoms with Gasteiger partial charge in [-0.05, 0) is 11.1 Å². The van der Waals surface area contributed by atoms with E-state index in [1.54, 1.807) is 7.11 Å². The molecule has 0 unspecified atom stereocenters. The van der Waals surface area contributed by atoms with Gasteiger partial charge in [0.15, 0.2) is 0 Å². The average molecular weight is 250 g/mol. The van der Waals surface area contributed by atoms with Gasteiger partial charge in [0.05, 0.1) is 6.61 Å². The van der Waals surface area contributed by atoms with Gasteiger partial charge in [0.1, 0.15) is 0 Å². The molecule has 1 aromatic heterocycles. The molecule has 0 aliphatic heterocycles. The maximum Gasteiger partial charge on any atom is 0.233 e. The van der Waals surface area contributed by atoms with Crippen LogP contribution in [0.15, 0.2) is 24.3 Å². The lowest BCUT2D eigenvalue weighted by Gasteiger charge is -2.08. The van der Waals surface area contributed by atoms with Gasteiger partial charge in [-0.25, -0.2) is 0 Å². The predicted molar refractivity (Wildman–Crippen MR) is 68.8 cm³/mol. The Morgan fingerprint density at radius 3 is 2.76 bits per heavy atom. The minimum Gasteiger partial charge on any atom is -0.380 e. The topological polar surface area (TPSA) is 73.1 Å². The quantitative estimate of drug-likeness (QED) is 0.847. The number of rotatable bonds is 5. The number of anilines is 2. The Bertz CT molecular complexity index is 486. The first-order valence-corrected chi connectivity index (χ1v) is 5.95. The summed E-state index contributed by atoms with van der Waals surface area (Å²) in [6.45, 7) is 1.30. The van der Waals surface area contributed by atoms with E-state index in [-0.39, 0.29) is 0 Å². The Balaban J connectivity index is 2.03. The van der Waals surface area contributed by atoms with Crippen LogP contribution in [0, 0.1) is 0 Å². The molecule has 0 amide bonds. The number of benzene rings is 1. The van der Waals surface area contributed by atoms with Crippen molar-refractivity contribution in [1.29, 1.82) is 0 Å². The lowest BCUT2D eigenvalue weighted by atomic mass is 10.1. The Hall–Kier alpha value is -1.66. The van der Waals surface area contributed by atoms with Crippen molar-refractivity contribution in [3.63, 3.8) is 0 Å². The van der Waals surface area contributed by atoms with Crippen molar-refractivity contribution < 1.29 is 4.74 Å². The van der Waals surface area contributed by atoms with Crippen LogP contribution in [0.3, 0.4) is 0 Å². The summed E-state index contributed by atoms with van der Waals surface area (Å²) in [5, 5.41) is 3.92. The minimum absolute atomic E-state index is 0.308. The third-order valence-corrected chi connectivity index (χ3v) is 2.98. The minimum atomic E-state index is 0.308. The fourth-order valence-electron chi connectivity index (χ4n) is 1.50. The zero-order chi connectivity index (χ0) is 12.1. The van der Waals surface area contributed by atoms with Gasteiger partial charge in [0, 0.05) is 25.2 Å². The molecule has 0 aliphatic rings. The van der Waals surface area contributed by atoms with Gasteiger partial charge >= 0.3 is 0 Å². The Labute approximate surface area is 104 Å². The predicted octanol–water partition coefficient (Wildman–Crippen LogP) is 1.88. The van der Waals surface area contributed by atoms with Gasteiger partial charge in [-0.15, -0.1) is 0 Å². The van der Waals surface area contributed by atoms with Crippen LogP contribution < -0.4 is 11.1 Å². The van der Waals surface area contributed by atoms with E-state index < -0.39 is 0 Å². The van der Waals surface area contributed by atoms with Crippen molar-refractivity contribution >= 4 is 22.6 Å². The number of aromatic nitrogens is 2. The zero-order valence-corrected chi connectivity index (χ0v) is 10.3. The summed E-state index contributed by atoms with van der Waals surface area (Å²) in [5.41, 5.74) is 7.80. The van der Waals surface area contributed by atoms with E-state index in [1.807, 2.05) is 12.1 Å². The second-order valence-corrected chi connectivity index (χ2v) is 4.26. The molecule has 0 saturated carbocycles. The van der Waals surface area contributed by atoms with Gasteiger partial charge in [-0.1, -0.05) is 24.3 Å². The molecule has 1 heterocycles. The first-order chi connectivity index (χ1) is 8.29. The van der Waals surface area contributed by atoms with Crippen LogP contribution in [0.25, 0.3) is 0 Å². The normalized spacial score (nSPS) is 10.4. The van der Waals surface area contributed by atoms with E-state index in [2.05, 4.69) is 26.8 Å². The monoisotopic (exact) mass is 250 g/mol. The number of nitrogens with two attached hydrogens (primary N) is 1. The van der Waals surface area contributed by atoms with E-state index in [0.717, 1.165) is 5.13 Å². The van der Waals surface area contributed by atoms with Gasteiger partial charge in [0.2, 0.25) is 11.1 Å². The van der Waals surface area contributed by atoms with Gasteiger partial charge < -0.3 is 15.8 Å². The molecule has 3 N–H and O–H groups in total. The van der Waals surface area contributed by atoms with Crippen molar-refractivity contribution in [3.8, 4) is 0 Å². The van der Waals surface area contributed by atoms with E-state index >= 15 is 0 Å². The summed E-state index contributed by atoms with van der Waals surface area (Å²) in [7, 11) is 1.69. The molecule has 17 heavy (non-hydrogen) atoms. The largest absolute Gasteiger partial charge is 0.380 e.